The van der Waals surface area contributed by atoms with Crippen LogP contribution in [0.15, 0.2) is 42.2 Å². The van der Waals surface area contributed by atoms with Crippen molar-refractivity contribution in [2.24, 2.45) is 17.8 Å². The molecule has 0 amide bonds. The van der Waals surface area contributed by atoms with E-state index < -0.39 is 0 Å². The summed E-state index contributed by atoms with van der Waals surface area (Å²) in [6, 6.07) is 10.5. The lowest BCUT2D eigenvalue weighted by Gasteiger charge is -2.41. The maximum Gasteiger partial charge on any atom is 0.174 e. The quantitative estimate of drug-likeness (QED) is 0.792. The van der Waals surface area contributed by atoms with E-state index in [0.717, 1.165) is 5.92 Å². The molecule has 1 fully saturated rings. The zero-order chi connectivity index (χ0) is 13.4. The number of benzene rings is 1. The standard InChI is InChI=1S/C17H23NO/c1-12-9-10-15-13(2)11-19-17(16(12)15)18(3)14-7-5-4-6-8-14/h4-8,11-12,15-17H,9-10H2,1-3H3/t12-,15?,16?,17+/m0/s1. The highest BCUT2D eigenvalue weighted by molar-refractivity contribution is 5.46. The Morgan fingerprint density at radius 1 is 1.16 bits per heavy atom. The van der Waals surface area contributed by atoms with E-state index in [1.807, 2.05) is 6.26 Å². The molecule has 2 heteroatoms. The van der Waals surface area contributed by atoms with E-state index in [0.29, 0.717) is 11.8 Å². The highest BCUT2D eigenvalue weighted by Crippen LogP contribution is 2.47. The number of rotatable bonds is 2. The number of ether oxygens (including phenoxy) is 1. The summed E-state index contributed by atoms with van der Waals surface area (Å²) in [7, 11) is 2.15. The lowest BCUT2D eigenvalue weighted by molar-refractivity contribution is 0.0353. The normalized spacial score (nSPS) is 33.3. The van der Waals surface area contributed by atoms with Crippen molar-refractivity contribution in [3.63, 3.8) is 0 Å². The molecule has 102 valence electrons. The van der Waals surface area contributed by atoms with Gasteiger partial charge in [-0.3, -0.25) is 0 Å². The van der Waals surface area contributed by atoms with Crippen LogP contribution >= 0.6 is 0 Å². The van der Waals surface area contributed by atoms with Crippen molar-refractivity contribution >= 4 is 5.69 Å². The molecule has 0 spiro atoms. The van der Waals surface area contributed by atoms with E-state index in [4.69, 9.17) is 4.74 Å². The summed E-state index contributed by atoms with van der Waals surface area (Å²) in [5, 5.41) is 0. The first kappa shape index (κ1) is 12.6. The van der Waals surface area contributed by atoms with E-state index in [-0.39, 0.29) is 6.23 Å². The van der Waals surface area contributed by atoms with E-state index >= 15 is 0 Å². The molecule has 1 aliphatic carbocycles. The molecule has 1 saturated carbocycles. The maximum absolute atomic E-state index is 6.05. The summed E-state index contributed by atoms with van der Waals surface area (Å²) < 4.78 is 6.05. The molecule has 0 saturated heterocycles. The van der Waals surface area contributed by atoms with Gasteiger partial charge in [0.15, 0.2) is 6.23 Å². The molecule has 1 aliphatic heterocycles. The third kappa shape index (κ3) is 2.13. The van der Waals surface area contributed by atoms with Crippen molar-refractivity contribution in [2.45, 2.75) is 32.9 Å². The molecule has 2 aliphatic rings. The topological polar surface area (TPSA) is 12.5 Å². The smallest absolute Gasteiger partial charge is 0.174 e. The number of fused-ring (bicyclic) bond motifs is 1. The number of anilines is 1. The van der Waals surface area contributed by atoms with Crippen molar-refractivity contribution in [2.75, 3.05) is 11.9 Å². The van der Waals surface area contributed by atoms with Gasteiger partial charge in [-0.15, -0.1) is 0 Å². The predicted molar refractivity (Wildman–Crippen MR) is 78.9 cm³/mol. The molecule has 3 rings (SSSR count). The molecule has 0 bridgehead atoms. The molecule has 4 atom stereocenters. The van der Waals surface area contributed by atoms with Gasteiger partial charge in [-0.2, -0.15) is 0 Å². The second-order valence-electron chi connectivity index (χ2n) is 6.07. The summed E-state index contributed by atoms with van der Waals surface area (Å²) in [6.45, 7) is 4.59. The molecular weight excluding hydrogens is 234 g/mol. The fourth-order valence-electron chi connectivity index (χ4n) is 3.75. The zero-order valence-corrected chi connectivity index (χ0v) is 12.0. The van der Waals surface area contributed by atoms with Crippen LogP contribution in [0.4, 0.5) is 5.69 Å². The molecule has 19 heavy (non-hydrogen) atoms. The van der Waals surface area contributed by atoms with Crippen molar-refractivity contribution in [1.29, 1.82) is 0 Å². The number of nitrogens with zero attached hydrogens (tertiary/aromatic N) is 1. The molecule has 2 unspecified atom stereocenters. The van der Waals surface area contributed by atoms with Gasteiger partial charge in [0.2, 0.25) is 0 Å². The summed E-state index contributed by atoms with van der Waals surface area (Å²) >= 11 is 0. The Bertz CT molecular complexity index is 467. The maximum atomic E-state index is 6.05. The van der Waals surface area contributed by atoms with Gasteiger partial charge < -0.3 is 9.64 Å². The fourth-order valence-corrected chi connectivity index (χ4v) is 3.75. The SMILES string of the molecule is CC1=CO[C@@H](N(C)c2ccccc2)C2C1CC[C@@H]2C. The number of hydrogen-bond donors (Lipinski definition) is 0. The van der Waals surface area contributed by atoms with E-state index in [2.05, 4.69) is 56.1 Å². The highest BCUT2D eigenvalue weighted by Gasteiger charge is 2.44. The summed E-state index contributed by atoms with van der Waals surface area (Å²) in [5.74, 6) is 2.07. The minimum Gasteiger partial charge on any atom is -0.478 e. The third-order valence-electron chi connectivity index (χ3n) is 4.91. The van der Waals surface area contributed by atoms with Crippen LogP contribution in [0.5, 0.6) is 0 Å². The Morgan fingerprint density at radius 2 is 1.89 bits per heavy atom. The van der Waals surface area contributed by atoms with Crippen LogP contribution in [0.2, 0.25) is 0 Å². The van der Waals surface area contributed by atoms with Gasteiger partial charge in [0.25, 0.3) is 0 Å². The molecule has 1 aromatic rings. The molecule has 1 aromatic carbocycles. The summed E-state index contributed by atoms with van der Waals surface area (Å²) in [5.41, 5.74) is 2.66. The van der Waals surface area contributed by atoms with E-state index in [1.165, 1.54) is 24.1 Å². The summed E-state index contributed by atoms with van der Waals surface area (Å²) in [6.07, 6.45) is 4.80. The largest absolute Gasteiger partial charge is 0.478 e. The average molecular weight is 257 g/mol. The molecule has 0 aromatic heterocycles. The van der Waals surface area contributed by atoms with Gasteiger partial charge in [0, 0.05) is 18.7 Å². The Balaban J connectivity index is 1.88. The van der Waals surface area contributed by atoms with Gasteiger partial charge in [-0.1, -0.05) is 25.1 Å². The van der Waals surface area contributed by atoms with Crippen LogP contribution in [-0.2, 0) is 4.74 Å². The van der Waals surface area contributed by atoms with Gasteiger partial charge in [0.05, 0.1) is 6.26 Å². The van der Waals surface area contributed by atoms with Crippen molar-refractivity contribution in [1.82, 2.24) is 0 Å². The van der Waals surface area contributed by atoms with Crippen LogP contribution in [0.25, 0.3) is 0 Å². The minimum atomic E-state index is 0.175. The Kier molecular flexibility index (Phi) is 3.26. The first-order chi connectivity index (χ1) is 9.18. The monoisotopic (exact) mass is 257 g/mol. The molecule has 0 N–H and O–H groups in total. The van der Waals surface area contributed by atoms with Gasteiger partial charge in [-0.05, 0) is 49.3 Å². The second kappa shape index (κ2) is 4.92. The first-order valence-electron chi connectivity index (χ1n) is 7.28. The van der Waals surface area contributed by atoms with Crippen LogP contribution in [-0.4, -0.2) is 13.3 Å². The lowest BCUT2D eigenvalue weighted by Crippen LogP contribution is -2.45. The predicted octanol–water partition coefficient (Wildman–Crippen LogP) is 4.05. The van der Waals surface area contributed by atoms with Crippen LogP contribution in [0, 0.1) is 17.8 Å². The van der Waals surface area contributed by atoms with Crippen molar-refractivity contribution in [3.8, 4) is 0 Å². The minimum absolute atomic E-state index is 0.175. The number of para-hydroxylation sites is 1. The Morgan fingerprint density at radius 3 is 2.63 bits per heavy atom. The molecule has 0 radical (unpaired) electrons. The molecule has 1 heterocycles. The highest BCUT2D eigenvalue weighted by atomic mass is 16.5. The van der Waals surface area contributed by atoms with Crippen molar-refractivity contribution < 1.29 is 4.74 Å². The van der Waals surface area contributed by atoms with Gasteiger partial charge >= 0.3 is 0 Å². The van der Waals surface area contributed by atoms with Gasteiger partial charge in [0.1, 0.15) is 0 Å². The Hall–Kier alpha value is -1.44. The van der Waals surface area contributed by atoms with E-state index in [1.54, 1.807) is 0 Å². The van der Waals surface area contributed by atoms with Crippen LogP contribution in [0.1, 0.15) is 26.7 Å². The van der Waals surface area contributed by atoms with Crippen molar-refractivity contribution in [3.05, 3.63) is 42.2 Å². The lowest BCUT2D eigenvalue weighted by atomic mass is 9.83. The molecular formula is C17H23NO. The van der Waals surface area contributed by atoms with Crippen LogP contribution < -0.4 is 4.90 Å². The number of allylic oxidation sites excluding steroid dienone is 1. The number of hydrogen-bond acceptors (Lipinski definition) is 2. The molecule has 2 nitrogen and oxygen atoms in total. The third-order valence-corrected chi connectivity index (χ3v) is 4.91. The van der Waals surface area contributed by atoms with Crippen LogP contribution in [0.3, 0.4) is 0 Å². The Labute approximate surface area is 116 Å². The second-order valence-corrected chi connectivity index (χ2v) is 6.07. The summed E-state index contributed by atoms with van der Waals surface area (Å²) in [4.78, 5) is 2.29. The average Bonchev–Trinajstić information content (AvgIpc) is 2.83. The van der Waals surface area contributed by atoms with Gasteiger partial charge in [-0.25, -0.2) is 0 Å². The fraction of sp³-hybridized carbons (Fsp3) is 0.529. The zero-order valence-electron chi connectivity index (χ0n) is 12.0. The van der Waals surface area contributed by atoms with E-state index in [9.17, 15) is 0 Å². The first-order valence-corrected chi connectivity index (χ1v) is 7.28.